The van der Waals surface area contributed by atoms with Gasteiger partial charge in [0.25, 0.3) is 5.91 Å². The van der Waals surface area contributed by atoms with Crippen LogP contribution in [-0.2, 0) is 43.9 Å². The summed E-state index contributed by atoms with van der Waals surface area (Å²) in [5.41, 5.74) is 34.8. The SMILES string of the molecule is CC(=O)c1ccc(-c2nn(C)c3ncnc(N)c23)cc1F.CNc1nc(F)nc2nc[nH]c12.CNc1nc(OC)nc2nc[nH]c12.CNc1ncnc(N)c1C(=N)c1ccc2c(c1)CNC2=O.CNc1ncnc2nc[nH]c12.Cc1ccc(-c2nn(C)c3ncnc(N)c23)cc1C(F)(F)F.Cn1nc(-c2cccc(NS(C)(=O)=O)c2)c2c(N)ncnc21. The van der Waals surface area contributed by atoms with E-state index in [0.29, 0.717) is 142 Å². The number of amides is 1. The van der Waals surface area contributed by atoms with Crippen LogP contribution < -0.4 is 59.0 Å². The van der Waals surface area contributed by atoms with Crippen molar-refractivity contribution in [3.05, 3.63) is 180 Å². The number of fused-ring (bicyclic) bond motifs is 7. The molecule has 0 spiro atoms. The molecule has 0 aliphatic carbocycles. The van der Waals surface area contributed by atoms with Gasteiger partial charge in [-0.05, 0) is 67.4 Å². The molecule has 42 nitrogen and oxygen atoms in total. The first-order valence-corrected chi connectivity index (χ1v) is 37.7. The summed E-state index contributed by atoms with van der Waals surface area (Å²) >= 11 is 0. The number of H-pyrrole nitrogens is 3. The zero-order valence-electron chi connectivity index (χ0n) is 66.3. The highest BCUT2D eigenvalue weighted by Crippen LogP contribution is 2.38. The van der Waals surface area contributed by atoms with Crippen molar-refractivity contribution in [3.63, 3.8) is 0 Å². The Kier molecular flexibility index (Phi) is 25.1. The van der Waals surface area contributed by atoms with E-state index in [1.165, 1.54) is 81.8 Å². The van der Waals surface area contributed by atoms with Gasteiger partial charge in [-0.2, -0.15) is 52.8 Å². The number of anilines is 9. The lowest BCUT2D eigenvalue weighted by molar-refractivity contribution is -0.138. The lowest BCUT2D eigenvalue weighted by Crippen LogP contribution is -2.12. The number of ether oxygens (including phenoxy) is 1. The van der Waals surface area contributed by atoms with E-state index in [2.05, 4.69) is 146 Å². The van der Waals surface area contributed by atoms with Crippen LogP contribution in [0.5, 0.6) is 6.01 Å². The van der Waals surface area contributed by atoms with Crippen LogP contribution in [0.4, 0.5) is 74.2 Å². The number of nitrogens with two attached hydrogens (primary N) is 4. The number of nitrogen functional groups attached to an aromatic ring is 4. The van der Waals surface area contributed by atoms with Crippen LogP contribution in [0.2, 0.25) is 0 Å². The fourth-order valence-electron chi connectivity index (χ4n) is 12.3. The topological polar surface area (TPSA) is 598 Å². The number of nitrogens with zero attached hydrogens (tertiary/aromatic N) is 23. The standard InChI is InChI=1S/C14H12F3N5.C14H12FN5O.C14H14N6O.C13H14N6O2S.C7H9N5O.C6H6FN5.C6H7N5/c1-7-3-4-8(5-9(7)14(15,16)17)11-10-12(18)19-6-20-13(10)22(2)21-11;1-7(21)9-4-3-8(5-10(9)15)12-11-13(16)17-6-18-14(11)20(2)19-12;1-17-13-10(12(16)19-6-20-13)11(15)7-2-3-9-8(4-7)5-18-14(9)21;1-19-13-10(12(14)15-7-16-13)11(17-19)8-4-3-5-9(6-8)18-22(2,20)21;1-8-5-4-6(10-3-9-4)12-7(11-5)13-2;1-8-4-3-5(10-2-9-3)12-6(7)11-4;1-7-5-4-6(10-2-8-4)11-3-9-5/h3-6H,1-2H3,(H2,18,19,20);3-6H,1-2H3,(H2,16,17,18);2-4,6,15H,5H2,1H3,(H,18,21)(H3,16,17,19,20);3-7,18H,1-2H3,(H2,14,15,16);3H,1-2H3,(H2,8,9,10,11,12);2H,1H3,(H2,8,9,10,11,12);2-3H,1H3,(H2,7,8,9,10,11). The highest BCUT2D eigenvalue weighted by atomic mass is 32.2. The van der Waals surface area contributed by atoms with Crippen molar-refractivity contribution in [1.82, 2.24) is 134 Å². The van der Waals surface area contributed by atoms with Crippen LogP contribution in [0, 0.1) is 24.2 Å². The van der Waals surface area contributed by atoms with Gasteiger partial charge < -0.3 is 69.2 Å². The molecule has 4 aromatic carbocycles. The van der Waals surface area contributed by atoms with Crippen molar-refractivity contribution >= 4 is 146 Å². The number of hydrogen-bond acceptors (Lipinski definition) is 34. The number of imidazole rings is 3. The normalized spacial score (nSPS) is 11.4. The lowest BCUT2D eigenvalue weighted by atomic mass is 9.99. The molecule has 122 heavy (non-hydrogen) atoms. The van der Waals surface area contributed by atoms with Crippen molar-refractivity contribution in [2.45, 2.75) is 26.6 Å². The fourth-order valence-corrected chi connectivity index (χ4v) is 12.9. The molecular weight excluding hydrogens is 1610 g/mol. The number of hydrogen-bond donors (Lipinski definition) is 14. The zero-order valence-corrected chi connectivity index (χ0v) is 67.1. The summed E-state index contributed by atoms with van der Waals surface area (Å²) < 4.78 is 101. The number of aromatic nitrogens is 26. The molecule has 48 heteroatoms. The molecule has 0 saturated heterocycles. The Bertz CT molecular complexity index is 6910. The van der Waals surface area contributed by atoms with E-state index in [4.69, 9.17) is 33.1 Å². The minimum absolute atomic E-state index is 0.0446. The largest absolute Gasteiger partial charge is 0.467 e. The second kappa shape index (κ2) is 36.0. The zero-order chi connectivity index (χ0) is 87.6. The number of halogens is 5. The molecule has 13 aromatic heterocycles. The first-order valence-electron chi connectivity index (χ1n) is 35.8. The number of carbonyl (C=O) groups is 2. The average molecular weight is 1690 g/mol. The molecule has 14 heterocycles. The molecule has 0 saturated carbocycles. The number of aryl methyl sites for hydroxylation is 4. The number of aromatic amines is 3. The molecule has 0 radical (unpaired) electrons. The summed E-state index contributed by atoms with van der Waals surface area (Å²) in [7, 11) is 10.3. The molecular formula is C74H74F5N37O5S. The Labute approximate surface area is 686 Å². The molecule has 0 bridgehead atoms. The van der Waals surface area contributed by atoms with Crippen LogP contribution >= 0.6 is 0 Å². The van der Waals surface area contributed by atoms with E-state index in [1.807, 2.05) is 19.2 Å². The van der Waals surface area contributed by atoms with Crippen LogP contribution in [0.1, 0.15) is 55.5 Å². The number of rotatable bonds is 13. The van der Waals surface area contributed by atoms with Crippen molar-refractivity contribution in [2.24, 2.45) is 21.1 Å². The van der Waals surface area contributed by atoms with Gasteiger partial charge in [-0.25, -0.2) is 91.6 Å². The summed E-state index contributed by atoms with van der Waals surface area (Å²) in [6.45, 7) is 3.22. The predicted octanol–water partition coefficient (Wildman–Crippen LogP) is 7.97. The van der Waals surface area contributed by atoms with E-state index >= 15 is 0 Å². The predicted molar refractivity (Wildman–Crippen MR) is 446 cm³/mol. The van der Waals surface area contributed by atoms with E-state index < -0.39 is 33.7 Å². The van der Waals surface area contributed by atoms with Gasteiger partial charge in [0.05, 0.1) is 70.9 Å². The molecule has 17 aromatic rings. The Hall–Kier alpha value is -16.3. The van der Waals surface area contributed by atoms with Crippen molar-refractivity contribution in [1.29, 1.82) is 5.41 Å². The summed E-state index contributed by atoms with van der Waals surface area (Å²) in [5.74, 6) is 2.40. The molecule has 0 unspecified atom stereocenters. The smallest absolute Gasteiger partial charge is 0.416 e. The second-order valence-electron chi connectivity index (χ2n) is 25.9. The molecule has 18 N–H and O–H groups in total. The van der Waals surface area contributed by atoms with Gasteiger partial charge in [0.15, 0.2) is 57.1 Å². The van der Waals surface area contributed by atoms with Gasteiger partial charge in [-0.3, -0.25) is 19.7 Å². The molecule has 18 rings (SSSR count). The molecule has 626 valence electrons. The first-order chi connectivity index (χ1) is 58.3. The number of alkyl halides is 3. The van der Waals surface area contributed by atoms with E-state index in [9.17, 15) is 40.0 Å². The monoisotopic (exact) mass is 1690 g/mol. The maximum Gasteiger partial charge on any atom is 0.416 e. The summed E-state index contributed by atoms with van der Waals surface area (Å²) in [5, 5.41) is 37.2. The van der Waals surface area contributed by atoms with Crippen LogP contribution in [0.25, 0.3) is 100 Å². The number of benzene rings is 4. The van der Waals surface area contributed by atoms with Crippen molar-refractivity contribution in [2.75, 3.05) is 90.5 Å². The van der Waals surface area contributed by atoms with Gasteiger partial charge in [0.2, 0.25) is 10.0 Å². The Morgan fingerprint density at radius 2 is 1.04 bits per heavy atom. The first kappa shape index (κ1) is 85.1. The third-order valence-electron chi connectivity index (χ3n) is 17.9. The van der Waals surface area contributed by atoms with Crippen molar-refractivity contribution < 1.29 is 44.7 Å². The van der Waals surface area contributed by atoms with E-state index in [0.717, 1.165) is 40.3 Å². The van der Waals surface area contributed by atoms with Crippen molar-refractivity contribution in [3.8, 4) is 39.8 Å². The maximum absolute atomic E-state index is 14.0. The van der Waals surface area contributed by atoms with E-state index in [-0.39, 0.29) is 46.0 Å². The third-order valence-corrected chi connectivity index (χ3v) is 18.5. The van der Waals surface area contributed by atoms with Gasteiger partial charge in [-0.15, -0.1) is 0 Å². The fraction of sp³-hybridized carbons (Fsp3) is 0.176. The van der Waals surface area contributed by atoms with Crippen LogP contribution in [0.15, 0.2) is 129 Å². The highest BCUT2D eigenvalue weighted by molar-refractivity contribution is 7.92. The van der Waals surface area contributed by atoms with Gasteiger partial charge in [0.1, 0.15) is 100 Å². The van der Waals surface area contributed by atoms with Gasteiger partial charge in [0, 0.05) is 89.4 Å². The maximum atomic E-state index is 14.0. The lowest BCUT2D eigenvalue weighted by Gasteiger charge is -2.12. The molecule has 0 fully saturated rings. The third kappa shape index (κ3) is 18.6. The highest BCUT2D eigenvalue weighted by Gasteiger charge is 2.33. The van der Waals surface area contributed by atoms with E-state index in [1.54, 1.807) is 107 Å². The number of methoxy groups -OCH3 is 1. The minimum Gasteiger partial charge on any atom is -0.467 e. The van der Waals surface area contributed by atoms with Crippen LogP contribution in [0.3, 0.4) is 0 Å². The summed E-state index contributed by atoms with van der Waals surface area (Å²) in [6.07, 6.45) is 7.36. The molecule has 1 amide bonds. The Morgan fingerprint density at radius 3 is 1.57 bits per heavy atom. The van der Waals surface area contributed by atoms with Gasteiger partial charge in [-0.1, -0.05) is 36.4 Å². The number of ketones is 1. The molecule has 0 atom stereocenters. The Morgan fingerprint density at radius 1 is 0.557 bits per heavy atom. The number of sulfonamides is 1. The Balaban J connectivity index is 0.000000132. The summed E-state index contributed by atoms with van der Waals surface area (Å²) in [6, 6.07) is 20.9. The minimum atomic E-state index is -4.42. The average Bonchev–Trinajstić information content (AvgIpc) is 1.58. The quantitative estimate of drug-likeness (QED) is 0.0225. The number of Topliss-reactive ketones (excluding diaryl/α,β-unsaturated/α-hetero) is 1. The summed E-state index contributed by atoms with van der Waals surface area (Å²) in [4.78, 5) is 98.6. The molecule has 1 aliphatic rings. The van der Waals surface area contributed by atoms with Gasteiger partial charge >= 0.3 is 18.3 Å². The molecule has 1 aliphatic heterocycles. The van der Waals surface area contributed by atoms with Crippen LogP contribution in [-0.4, -0.2) is 196 Å². The number of carbonyl (C=O) groups excluding carboxylic acids is 2. The number of nitrogens with one attached hydrogen (secondary N) is 10. The second-order valence-corrected chi connectivity index (χ2v) is 27.6.